The highest BCUT2D eigenvalue weighted by Gasteiger charge is 2.50. The van der Waals surface area contributed by atoms with Crippen LogP contribution in [0, 0.1) is 17.3 Å². The third-order valence-electron chi connectivity index (χ3n) is 6.64. The predicted molar refractivity (Wildman–Crippen MR) is 77.8 cm³/mol. The van der Waals surface area contributed by atoms with Crippen molar-refractivity contribution in [1.82, 2.24) is 5.32 Å². The summed E-state index contributed by atoms with van der Waals surface area (Å²) in [5, 5.41) is 3.48. The van der Waals surface area contributed by atoms with E-state index in [0.717, 1.165) is 18.8 Å². The van der Waals surface area contributed by atoms with Gasteiger partial charge in [0.15, 0.2) is 0 Å². The molecule has 19 heavy (non-hydrogen) atoms. The molecule has 1 amide bonds. The smallest absolute Gasteiger partial charge is 0.223 e. The van der Waals surface area contributed by atoms with Crippen molar-refractivity contribution in [3.63, 3.8) is 0 Å². The maximum Gasteiger partial charge on any atom is 0.223 e. The van der Waals surface area contributed by atoms with Crippen LogP contribution in [0.4, 0.5) is 0 Å². The number of rotatable bonds is 3. The fourth-order valence-electron chi connectivity index (χ4n) is 4.82. The first kappa shape index (κ1) is 13.5. The first-order valence-corrected chi connectivity index (χ1v) is 8.37. The topological polar surface area (TPSA) is 29.1 Å². The van der Waals surface area contributed by atoms with Crippen molar-refractivity contribution in [2.24, 2.45) is 17.3 Å². The SMILES string of the molecule is CC(C)C12CCC(NC(=O)C3CCCC3)(CC1)CC2. The highest BCUT2D eigenvalue weighted by molar-refractivity contribution is 5.79. The Morgan fingerprint density at radius 3 is 2.00 bits per heavy atom. The second-order valence-corrected chi connectivity index (χ2v) is 7.77. The monoisotopic (exact) mass is 263 g/mol. The van der Waals surface area contributed by atoms with Gasteiger partial charge in [-0.2, -0.15) is 0 Å². The molecular formula is C17H29NO. The number of amides is 1. The van der Waals surface area contributed by atoms with Gasteiger partial charge >= 0.3 is 0 Å². The Kier molecular flexibility index (Phi) is 3.39. The van der Waals surface area contributed by atoms with Gasteiger partial charge in [-0.25, -0.2) is 0 Å². The molecule has 4 rings (SSSR count). The summed E-state index contributed by atoms with van der Waals surface area (Å²) in [7, 11) is 0. The summed E-state index contributed by atoms with van der Waals surface area (Å²) >= 11 is 0. The summed E-state index contributed by atoms with van der Waals surface area (Å²) in [4.78, 5) is 12.4. The van der Waals surface area contributed by atoms with E-state index < -0.39 is 0 Å². The number of fused-ring (bicyclic) bond motifs is 3. The van der Waals surface area contributed by atoms with Gasteiger partial charge in [-0.1, -0.05) is 26.7 Å². The zero-order valence-electron chi connectivity index (χ0n) is 12.6. The molecule has 0 aromatic carbocycles. The van der Waals surface area contributed by atoms with Crippen LogP contribution in [0.2, 0.25) is 0 Å². The van der Waals surface area contributed by atoms with Gasteiger partial charge in [-0.3, -0.25) is 4.79 Å². The molecule has 0 radical (unpaired) electrons. The van der Waals surface area contributed by atoms with Crippen molar-refractivity contribution in [3.05, 3.63) is 0 Å². The van der Waals surface area contributed by atoms with Crippen molar-refractivity contribution in [3.8, 4) is 0 Å². The van der Waals surface area contributed by atoms with E-state index in [0.29, 0.717) is 17.2 Å². The molecule has 0 atom stereocenters. The Labute approximate surface area is 117 Å². The zero-order chi connectivity index (χ0) is 13.5. The van der Waals surface area contributed by atoms with Crippen molar-refractivity contribution in [1.29, 1.82) is 0 Å². The lowest BCUT2D eigenvalue weighted by molar-refractivity contribution is -0.129. The molecule has 0 aromatic rings. The molecule has 2 nitrogen and oxygen atoms in total. The predicted octanol–water partition coefficient (Wildman–Crippen LogP) is 4.04. The van der Waals surface area contributed by atoms with Crippen LogP contribution in [0.15, 0.2) is 0 Å². The van der Waals surface area contributed by atoms with Crippen LogP contribution in [0.1, 0.15) is 78.1 Å². The molecule has 4 fully saturated rings. The summed E-state index contributed by atoms with van der Waals surface area (Å²) < 4.78 is 0. The number of carbonyl (C=O) groups excluding carboxylic acids is 1. The van der Waals surface area contributed by atoms with E-state index in [4.69, 9.17) is 0 Å². The Morgan fingerprint density at radius 1 is 1.00 bits per heavy atom. The molecule has 4 aliphatic rings. The fourth-order valence-corrected chi connectivity index (χ4v) is 4.82. The van der Waals surface area contributed by atoms with Gasteiger partial charge in [0.25, 0.3) is 0 Å². The molecule has 0 unspecified atom stereocenters. The second-order valence-electron chi connectivity index (χ2n) is 7.77. The normalized spacial score (nSPS) is 38.9. The van der Waals surface area contributed by atoms with Gasteiger partial charge < -0.3 is 5.32 Å². The second kappa shape index (κ2) is 4.79. The highest BCUT2D eigenvalue weighted by Crippen LogP contribution is 2.55. The molecule has 0 aliphatic heterocycles. The van der Waals surface area contributed by atoms with Crippen LogP contribution in [0.25, 0.3) is 0 Å². The molecule has 108 valence electrons. The van der Waals surface area contributed by atoms with Gasteiger partial charge in [-0.05, 0) is 62.7 Å². The molecule has 1 N–H and O–H groups in total. The van der Waals surface area contributed by atoms with Crippen molar-refractivity contribution >= 4 is 5.91 Å². The van der Waals surface area contributed by atoms with Gasteiger partial charge in [0.05, 0.1) is 0 Å². The van der Waals surface area contributed by atoms with Crippen LogP contribution in [0.3, 0.4) is 0 Å². The van der Waals surface area contributed by atoms with E-state index in [1.165, 1.54) is 51.4 Å². The fraction of sp³-hybridized carbons (Fsp3) is 0.941. The average Bonchev–Trinajstić information content (AvgIpc) is 2.94. The third kappa shape index (κ3) is 2.32. The first-order valence-electron chi connectivity index (χ1n) is 8.37. The maximum atomic E-state index is 12.4. The molecule has 4 aliphatic carbocycles. The molecule has 0 heterocycles. The lowest BCUT2D eigenvalue weighted by atomic mass is 9.53. The van der Waals surface area contributed by atoms with Gasteiger partial charge in [0.2, 0.25) is 5.91 Å². The average molecular weight is 263 g/mol. The van der Waals surface area contributed by atoms with Crippen LogP contribution in [0.5, 0.6) is 0 Å². The Bertz CT molecular complexity index is 330. The van der Waals surface area contributed by atoms with Gasteiger partial charge in [-0.15, -0.1) is 0 Å². The standard InChI is InChI=1S/C17H29NO/c1-13(2)16-7-10-17(11-8-16,12-9-16)18-15(19)14-5-3-4-6-14/h13-14H,3-12H2,1-2H3,(H,18,19). The molecule has 0 saturated heterocycles. The first-order chi connectivity index (χ1) is 9.05. The molecular weight excluding hydrogens is 234 g/mol. The molecule has 0 aromatic heterocycles. The Balaban J connectivity index is 1.62. The molecule has 4 saturated carbocycles. The number of hydrogen-bond acceptors (Lipinski definition) is 1. The number of carbonyl (C=O) groups is 1. The quantitative estimate of drug-likeness (QED) is 0.818. The summed E-state index contributed by atoms with van der Waals surface area (Å²) in [5.74, 6) is 1.50. The summed E-state index contributed by atoms with van der Waals surface area (Å²) in [6.07, 6.45) is 12.4. The largest absolute Gasteiger partial charge is 0.350 e. The van der Waals surface area contributed by atoms with Gasteiger partial charge in [0, 0.05) is 11.5 Å². The minimum Gasteiger partial charge on any atom is -0.350 e. The minimum atomic E-state index is 0.177. The maximum absolute atomic E-state index is 12.4. The third-order valence-corrected chi connectivity index (χ3v) is 6.64. The van der Waals surface area contributed by atoms with E-state index in [2.05, 4.69) is 19.2 Å². The summed E-state index contributed by atoms with van der Waals surface area (Å²) in [5.41, 5.74) is 0.774. The molecule has 2 heteroatoms. The zero-order valence-corrected chi connectivity index (χ0v) is 12.6. The van der Waals surface area contributed by atoms with E-state index in [1.54, 1.807) is 0 Å². The molecule has 2 bridgehead atoms. The number of nitrogens with one attached hydrogen (secondary N) is 1. The van der Waals surface area contributed by atoms with E-state index in [9.17, 15) is 4.79 Å². The lowest BCUT2D eigenvalue weighted by Crippen LogP contribution is -2.58. The summed E-state index contributed by atoms with van der Waals surface area (Å²) in [6, 6.07) is 0. The van der Waals surface area contributed by atoms with Crippen molar-refractivity contribution in [2.45, 2.75) is 83.6 Å². The van der Waals surface area contributed by atoms with E-state index in [1.807, 2.05) is 0 Å². The summed E-state index contributed by atoms with van der Waals surface area (Å²) in [6.45, 7) is 4.77. The van der Waals surface area contributed by atoms with Crippen molar-refractivity contribution in [2.75, 3.05) is 0 Å². The highest BCUT2D eigenvalue weighted by atomic mass is 16.2. The van der Waals surface area contributed by atoms with Crippen LogP contribution in [-0.2, 0) is 4.79 Å². The number of hydrogen-bond donors (Lipinski definition) is 1. The van der Waals surface area contributed by atoms with Crippen molar-refractivity contribution < 1.29 is 4.79 Å². The Morgan fingerprint density at radius 2 is 1.53 bits per heavy atom. The molecule has 0 spiro atoms. The van der Waals surface area contributed by atoms with Gasteiger partial charge in [0.1, 0.15) is 0 Å². The minimum absolute atomic E-state index is 0.177. The lowest BCUT2D eigenvalue weighted by Gasteiger charge is -2.55. The van der Waals surface area contributed by atoms with Crippen LogP contribution in [-0.4, -0.2) is 11.4 Å². The van der Waals surface area contributed by atoms with Crippen LogP contribution < -0.4 is 5.32 Å². The van der Waals surface area contributed by atoms with E-state index >= 15 is 0 Å². The van der Waals surface area contributed by atoms with E-state index in [-0.39, 0.29) is 5.54 Å². The Hall–Kier alpha value is -0.530. The van der Waals surface area contributed by atoms with Crippen LogP contribution >= 0.6 is 0 Å².